The van der Waals surface area contributed by atoms with Crippen molar-refractivity contribution >= 4 is 33.2 Å². The maximum atomic E-state index is 11.5. The Balaban J connectivity index is 2.28. The predicted molar refractivity (Wildman–Crippen MR) is 82.7 cm³/mol. The van der Waals surface area contributed by atoms with Crippen LogP contribution in [0.25, 0.3) is 0 Å². The first-order valence-electron chi connectivity index (χ1n) is 6.75. The van der Waals surface area contributed by atoms with Crippen LogP contribution < -0.4 is 0 Å². The maximum absolute atomic E-state index is 11.5. The van der Waals surface area contributed by atoms with Crippen LogP contribution in [-0.2, 0) is 4.79 Å². The Morgan fingerprint density at radius 3 is 2.53 bits per heavy atom. The second kappa shape index (κ2) is 5.57. The molecule has 1 fully saturated rings. The van der Waals surface area contributed by atoms with Crippen LogP contribution in [0.3, 0.4) is 0 Å². The van der Waals surface area contributed by atoms with Gasteiger partial charge in [-0.15, -0.1) is 0 Å². The third-order valence-corrected chi connectivity index (χ3v) is 6.19. The molecule has 0 aliphatic heterocycles. The molecule has 0 spiro atoms. The van der Waals surface area contributed by atoms with Gasteiger partial charge in [0.25, 0.3) is 0 Å². The number of carboxylic acid groups (broad SMARTS) is 1. The summed E-state index contributed by atoms with van der Waals surface area (Å²) in [5.74, 6) is -0.129. The lowest BCUT2D eigenvalue weighted by Crippen LogP contribution is -2.34. The van der Waals surface area contributed by atoms with Crippen molar-refractivity contribution in [2.24, 2.45) is 17.3 Å². The number of hydrogen-bond donors (Lipinski definition) is 1. The van der Waals surface area contributed by atoms with Crippen molar-refractivity contribution < 1.29 is 9.90 Å². The Labute approximate surface area is 127 Å². The molecular weight excluding hydrogens is 324 g/mol. The maximum Gasteiger partial charge on any atom is 0.307 e. The quantitative estimate of drug-likeness (QED) is 0.806. The standard InChI is InChI=1S/C15H21BrO2S/c1-15(2,3)9-4-5-10(14(17)18)11(6-9)12-7-19-8-13(12)16/h7-11H,4-6H2,1-3H3,(H,17,18). The molecule has 0 amide bonds. The largest absolute Gasteiger partial charge is 0.481 e. The van der Waals surface area contributed by atoms with Crippen LogP contribution in [-0.4, -0.2) is 11.1 Å². The van der Waals surface area contributed by atoms with Gasteiger partial charge in [0.2, 0.25) is 0 Å². The monoisotopic (exact) mass is 344 g/mol. The van der Waals surface area contributed by atoms with Gasteiger partial charge in [-0.2, -0.15) is 11.3 Å². The number of halogens is 1. The van der Waals surface area contributed by atoms with E-state index in [0.717, 1.165) is 23.7 Å². The van der Waals surface area contributed by atoms with Gasteiger partial charge in [-0.25, -0.2) is 0 Å². The van der Waals surface area contributed by atoms with Gasteiger partial charge in [0.05, 0.1) is 5.92 Å². The minimum atomic E-state index is -0.643. The van der Waals surface area contributed by atoms with Gasteiger partial charge >= 0.3 is 5.97 Å². The lowest BCUT2D eigenvalue weighted by Gasteiger charge is -2.40. The van der Waals surface area contributed by atoms with E-state index in [9.17, 15) is 9.90 Å². The molecule has 0 bridgehead atoms. The molecule has 3 unspecified atom stereocenters. The van der Waals surface area contributed by atoms with Gasteiger partial charge in [-0.3, -0.25) is 4.79 Å². The van der Waals surface area contributed by atoms with Crippen LogP contribution >= 0.6 is 27.3 Å². The molecule has 2 nitrogen and oxygen atoms in total. The van der Waals surface area contributed by atoms with Gasteiger partial charge in [0.15, 0.2) is 0 Å². The van der Waals surface area contributed by atoms with Crippen molar-refractivity contribution in [2.75, 3.05) is 0 Å². The Morgan fingerprint density at radius 2 is 2.05 bits per heavy atom. The van der Waals surface area contributed by atoms with E-state index >= 15 is 0 Å². The zero-order chi connectivity index (χ0) is 14.2. The zero-order valence-corrected chi connectivity index (χ0v) is 14.1. The fourth-order valence-electron chi connectivity index (χ4n) is 3.15. The number of carboxylic acids is 1. The molecule has 2 rings (SSSR count). The average Bonchev–Trinajstić information content (AvgIpc) is 2.73. The first-order chi connectivity index (χ1) is 8.80. The Kier molecular flexibility index (Phi) is 4.41. The summed E-state index contributed by atoms with van der Waals surface area (Å²) in [5, 5.41) is 13.6. The molecule has 0 saturated heterocycles. The van der Waals surface area contributed by atoms with E-state index in [2.05, 4.69) is 47.5 Å². The Hall–Kier alpha value is -0.350. The predicted octanol–water partition coefficient (Wildman–Crippen LogP) is 5.14. The van der Waals surface area contributed by atoms with E-state index in [0.29, 0.717) is 5.92 Å². The molecule has 1 aromatic heterocycles. The molecule has 1 heterocycles. The molecule has 106 valence electrons. The van der Waals surface area contributed by atoms with Crippen molar-refractivity contribution in [1.29, 1.82) is 0 Å². The topological polar surface area (TPSA) is 37.3 Å². The van der Waals surface area contributed by atoms with E-state index in [1.807, 2.05) is 0 Å². The van der Waals surface area contributed by atoms with Crippen LogP contribution in [0.4, 0.5) is 0 Å². The van der Waals surface area contributed by atoms with Crippen molar-refractivity contribution in [3.63, 3.8) is 0 Å². The molecule has 1 aliphatic rings. The number of carbonyl (C=O) groups is 1. The highest BCUT2D eigenvalue weighted by atomic mass is 79.9. The molecule has 1 aromatic rings. The lowest BCUT2D eigenvalue weighted by atomic mass is 9.64. The van der Waals surface area contributed by atoms with Gasteiger partial charge in [-0.05, 0) is 63.4 Å². The summed E-state index contributed by atoms with van der Waals surface area (Å²) < 4.78 is 1.07. The van der Waals surface area contributed by atoms with E-state index in [4.69, 9.17) is 0 Å². The van der Waals surface area contributed by atoms with Gasteiger partial charge in [0.1, 0.15) is 0 Å². The van der Waals surface area contributed by atoms with E-state index in [1.54, 1.807) is 11.3 Å². The molecule has 3 atom stereocenters. The highest BCUT2D eigenvalue weighted by Crippen LogP contribution is 2.48. The van der Waals surface area contributed by atoms with Crippen molar-refractivity contribution in [2.45, 2.75) is 46.0 Å². The first kappa shape index (κ1) is 15.0. The number of thiophene rings is 1. The summed E-state index contributed by atoms with van der Waals surface area (Å²) in [4.78, 5) is 11.5. The normalized spacial score (nSPS) is 28.3. The summed E-state index contributed by atoms with van der Waals surface area (Å²) >= 11 is 5.21. The van der Waals surface area contributed by atoms with E-state index in [-0.39, 0.29) is 17.3 Å². The zero-order valence-electron chi connectivity index (χ0n) is 11.6. The van der Waals surface area contributed by atoms with Crippen molar-refractivity contribution in [3.8, 4) is 0 Å². The van der Waals surface area contributed by atoms with Crippen LogP contribution in [0.2, 0.25) is 0 Å². The van der Waals surface area contributed by atoms with Crippen LogP contribution in [0.5, 0.6) is 0 Å². The van der Waals surface area contributed by atoms with Crippen molar-refractivity contribution in [3.05, 3.63) is 20.8 Å². The summed E-state index contributed by atoms with van der Waals surface area (Å²) in [7, 11) is 0. The average molecular weight is 345 g/mol. The van der Waals surface area contributed by atoms with Crippen LogP contribution in [0.1, 0.15) is 51.5 Å². The first-order valence-corrected chi connectivity index (χ1v) is 8.48. The second-order valence-corrected chi connectivity index (χ2v) is 8.20. The Morgan fingerprint density at radius 1 is 1.37 bits per heavy atom. The molecule has 1 N–H and O–H groups in total. The van der Waals surface area contributed by atoms with Gasteiger partial charge < -0.3 is 5.11 Å². The molecular formula is C15H21BrO2S. The molecule has 19 heavy (non-hydrogen) atoms. The summed E-state index contributed by atoms with van der Waals surface area (Å²) in [5.41, 5.74) is 1.44. The number of rotatable bonds is 2. The molecule has 1 aliphatic carbocycles. The van der Waals surface area contributed by atoms with E-state index in [1.165, 1.54) is 5.56 Å². The van der Waals surface area contributed by atoms with Crippen LogP contribution in [0, 0.1) is 17.3 Å². The fraction of sp³-hybridized carbons (Fsp3) is 0.667. The fourth-order valence-corrected chi connectivity index (χ4v) is 4.81. The third kappa shape index (κ3) is 3.22. The minimum absolute atomic E-state index is 0.149. The van der Waals surface area contributed by atoms with E-state index < -0.39 is 5.97 Å². The molecule has 1 saturated carbocycles. The summed E-state index contributed by atoms with van der Waals surface area (Å²) in [6, 6.07) is 0. The Bertz CT molecular complexity index is 461. The highest BCUT2D eigenvalue weighted by Gasteiger charge is 2.40. The van der Waals surface area contributed by atoms with Crippen molar-refractivity contribution in [1.82, 2.24) is 0 Å². The van der Waals surface area contributed by atoms with Crippen LogP contribution in [0.15, 0.2) is 15.2 Å². The third-order valence-electron chi connectivity index (χ3n) is 4.43. The second-order valence-electron chi connectivity index (χ2n) is 6.60. The lowest BCUT2D eigenvalue weighted by molar-refractivity contribution is -0.144. The minimum Gasteiger partial charge on any atom is -0.481 e. The number of hydrogen-bond acceptors (Lipinski definition) is 2. The van der Waals surface area contributed by atoms with Gasteiger partial charge in [-0.1, -0.05) is 20.8 Å². The highest BCUT2D eigenvalue weighted by molar-refractivity contribution is 9.10. The molecule has 0 aromatic carbocycles. The number of aliphatic carboxylic acids is 1. The molecule has 0 radical (unpaired) electrons. The molecule has 4 heteroatoms. The van der Waals surface area contributed by atoms with Gasteiger partial charge in [0, 0.05) is 9.85 Å². The smallest absolute Gasteiger partial charge is 0.307 e. The summed E-state index contributed by atoms with van der Waals surface area (Å²) in [6.07, 6.45) is 2.80. The SMILES string of the molecule is CC(C)(C)C1CCC(C(=O)O)C(c2cscc2Br)C1. The summed E-state index contributed by atoms with van der Waals surface area (Å²) in [6.45, 7) is 6.79.